The van der Waals surface area contributed by atoms with Crippen molar-refractivity contribution in [2.75, 3.05) is 12.4 Å². The lowest BCUT2D eigenvalue weighted by Crippen LogP contribution is -1.86. The first kappa shape index (κ1) is 5.70. The van der Waals surface area contributed by atoms with Crippen LogP contribution in [-0.2, 0) is 0 Å². The van der Waals surface area contributed by atoms with Crippen LogP contribution in [0.25, 0.3) is 0 Å². The summed E-state index contributed by atoms with van der Waals surface area (Å²) in [6.07, 6.45) is 6.45. The summed E-state index contributed by atoms with van der Waals surface area (Å²) >= 11 is 0. The number of oxazole rings is 1. The number of hydrogen-bond donors (Lipinski definition) is 1. The van der Waals surface area contributed by atoms with Gasteiger partial charge in [-0.05, 0) is 5.92 Å². The van der Waals surface area contributed by atoms with Crippen LogP contribution in [0.2, 0.25) is 0 Å². The molecule has 3 nitrogen and oxygen atoms in total. The molecule has 0 spiro atoms. The minimum atomic E-state index is 0.305. The van der Waals surface area contributed by atoms with Gasteiger partial charge >= 0.3 is 0 Å². The second-order valence-corrected chi connectivity index (χ2v) is 1.43. The third kappa shape index (κ3) is 1.03. The Balaban J connectivity index is 2.90. The average molecular weight is 122 g/mol. The van der Waals surface area contributed by atoms with E-state index in [-0.39, 0.29) is 0 Å². The van der Waals surface area contributed by atoms with E-state index in [0.717, 1.165) is 0 Å². The lowest BCUT2D eigenvalue weighted by atomic mass is 10.7. The Morgan fingerprint density at radius 3 is 3.00 bits per heavy atom. The lowest BCUT2D eigenvalue weighted by molar-refractivity contribution is 0.544. The van der Waals surface area contributed by atoms with Crippen LogP contribution in [0, 0.1) is 12.3 Å². The summed E-state index contributed by atoms with van der Waals surface area (Å²) < 4.78 is 4.79. The molecule has 0 aliphatic carbocycles. The molecule has 0 fully saturated rings. The second kappa shape index (κ2) is 2.23. The first-order valence-electron chi connectivity index (χ1n) is 2.46. The summed E-state index contributed by atoms with van der Waals surface area (Å²) in [4.78, 5) is 3.83. The molecule has 0 saturated heterocycles. The molecule has 0 aliphatic rings. The Kier molecular flexibility index (Phi) is 1.41. The van der Waals surface area contributed by atoms with E-state index in [1.807, 2.05) is 0 Å². The average Bonchev–Trinajstić information content (AvgIpc) is 2.34. The zero-order valence-electron chi connectivity index (χ0n) is 5.01. The first-order chi connectivity index (χ1) is 4.36. The van der Waals surface area contributed by atoms with Crippen molar-refractivity contribution in [1.29, 1.82) is 0 Å². The van der Waals surface area contributed by atoms with Crippen molar-refractivity contribution < 1.29 is 4.42 Å². The molecule has 3 heteroatoms. The van der Waals surface area contributed by atoms with Crippen LogP contribution in [0.15, 0.2) is 10.7 Å². The molecule has 9 heavy (non-hydrogen) atoms. The van der Waals surface area contributed by atoms with Crippen LogP contribution in [0.5, 0.6) is 0 Å². The van der Waals surface area contributed by atoms with Gasteiger partial charge < -0.3 is 9.73 Å². The number of aromatic nitrogens is 1. The predicted molar refractivity (Wildman–Crippen MR) is 34.0 cm³/mol. The van der Waals surface area contributed by atoms with Gasteiger partial charge in [-0.2, -0.15) is 4.98 Å². The van der Waals surface area contributed by atoms with Crippen molar-refractivity contribution >= 4 is 5.82 Å². The van der Waals surface area contributed by atoms with Crippen molar-refractivity contribution in [3.8, 4) is 12.3 Å². The Bertz CT molecular complexity index is 233. The maximum absolute atomic E-state index is 4.98. The molecule has 0 atom stereocenters. The topological polar surface area (TPSA) is 38.1 Å². The van der Waals surface area contributed by atoms with Gasteiger partial charge in [0.25, 0.3) is 5.89 Å². The van der Waals surface area contributed by atoms with Gasteiger partial charge in [0.2, 0.25) is 0 Å². The van der Waals surface area contributed by atoms with Crippen molar-refractivity contribution in [3.63, 3.8) is 0 Å². The Hall–Kier alpha value is -1.43. The number of rotatable bonds is 1. The molecule has 0 aliphatic heterocycles. The van der Waals surface area contributed by atoms with Gasteiger partial charge in [0.1, 0.15) is 6.26 Å². The Morgan fingerprint density at radius 2 is 2.67 bits per heavy atom. The van der Waals surface area contributed by atoms with Crippen LogP contribution in [0.4, 0.5) is 5.82 Å². The molecule has 0 aromatic carbocycles. The van der Waals surface area contributed by atoms with Gasteiger partial charge in [0.15, 0.2) is 5.82 Å². The SMILES string of the molecule is C#Cc1nc(NC)co1. The van der Waals surface area contributed by atoms with Crippen molar-refractivity contribution in [3.05, 3.63) is 12.2 Å². The predicted octanol–water partition coefficient (Wildman–Crippen LogP) is 0.698. The van der Waals surface area contributed by atoms with E-state index in [4.69, 9.17) is 10.8 Å². The summed E-state index contributed by atoms with van der Waals surface area (Å²) in [6, 6.07) is 0. The highest BCUT2D eigenvalue weighted by molar-refractivity contribution is 5.32. The summed E-state index contributed by atoms with van der Waals surface area (Å²) in [5, 5.41) is 2.78. The highest BCUT2D eigenvalue weighted by Crippen LogP contribution is 2.03. The third-order valence-corrected chi connectivity index (χ3v) is 0.884. The summed E-state index contributed by atoms with van der Waals surface area (Å²) in [5.74, 6) is 3.22. The van der Waals surface area contributed by atoms with Gasteiger partial charge in [-0.15, -0.1) is 6.42 Å². The number of anilines is 1. The monoisotopic (exact) mass is 122 g/mol. The van der Waals surface area contributed by atoms with Crippen LogP contribution in [0.3, 0.4) is 0 Å². The molecule has 0 unspecified atom stereocenters. The second-order valence-electron chi connectivity index (χ2n) is 1.43. The summed E-state index contributed by atoms with van der Waals surface area (Å²) in [7, 11) is 1.75. The quantitative estimate of drug-likeness (QED) is 0.557. The molecular weight excluding hydrogens is 116 g/mol. The van der Waals surface area contributed by atoms with E-state index < -0.39 is 0 Å². The Labute approximate surface area is 53.1 Å². The molecule has 0 radical (unpaired) electrons. The number of terminal acetylenes is 1. The van der Waals surface area contributed by atoms with Gasteiger partial charge in [-0.1, -0.05) is 0 Å². The fourth-order valence-electron chi connectivity index (χ4n) is 0.455. The maximum atomic E-state index is 4.98. The van der Waals surface area contributed by atoms with Crippen molar-refractivity contribution in [1.82, 2.24) is 4.98 Å². The smallest absolute Gasteiger partial charge is 0.274 e. The molecule has 1 aromatic heterocycles. The van der Waals surface area contributed by atoms with E-state index in [1.165, 1.54) is 6.26 Å². The van der Waals surface area contributed by atoms with Crippen LogP contribution in [-0.4, -0.2) is 12.0 Å². The number of nitrogens with one attached hydrogen (secondary N) is 1. The zero-order valence-corrected chi connectivity index (χ0v) is 5.01. The summed E-state index contributed by atoms with van der Waals surface area (Å²) in [5.41, 5.74) is 0. The highest BCUT2D eigenvalue weighted by atomic mass is 16.3. The normalized spacial score (nSPS) is 8.44. The molecule has 1 heterocycles. The van der Waals surface area contributed by atoms with Gasteiger partial charge in [-0.25, -0.2) is 0 Å². The highest BCUT2D eigenvalue weighted by Gasteiger charge is 1.95. The molecule has 0 bridgehead atoms. The van der Waals surface area contributed by atoms with Crippen molar-refractivity contribution in [2.45, 2.75) is 0 Å². The molecular formula is C6H6N2O. The first-order valence-corrected chi connectivity index (χ1v) is 2.46. The molecule has 46 valence electrons. The van der Waals surface area contributed by atoms with Gasteiger partial charge in [-0.3, -0.25) is 0 Å². The van der Waals surface area contributed by atoms with E-state index in [1.54, 1.807) is 7.05 Å². The van der Waals surface area contributed by atoms with Crippen molar-refractivity contribution in [2.24, 2.45) is 0 Å². The minimum absolute atomic E-state index is 0.305. The fourth-order valence-corrected chi connectivity index (χ4v) is 0.455. The Morgan fingerprint density at radius 1 is 1.89 bits per heavy atom. The van der Waals surface area contributed by atoms with Crippen LogP contribution < -0.4 is 5.32 Å². The molecule has 1 rings (SSSR count). The molecule has 0 saturated carbocycles. The lowest BCUT2D eigenvalue weighted by Gasteiger charge is -1.83. The molecule has 1 N–H and O–H groups in total. The van der Waals surface area contributed by atoms with E-state index >= 15 is 0 Å². The largest absolute Gasteiger partial charge is 0.436 e. The van der Waals surface area contributed by atoms with Crippen LogP contribution >= 0.6 is 0 Å². The standard InChI is InChI=1S/C6H6N2O/c1-3-6-8-5(7-2)4-9-6/h1,4,7H,2H3. The number of hydrogen-bond acceptors (Lipinski definition) is 3. The van der Waals surface area contributed by atoms with E-state index in [9.17, 15) is 0 Å². The fraction of sp³-hybridized carbons (Fsp3) is 0.167. The van der Waals surface area contributed by atoms with Gasteiger partial charge in [0, 0.05) is 7.05 Å². The third-order valence-electron chi connectivity index (χ3n) is 0.884. The number of nitrogens with zero attached hydrogens (tertiary/aromatic N) is 1. The minimum Gasteiger partial charge on any atom is -0.436 e. The van der Waals surface area contributed by atoms with Gasteiger partial charge in [0.05, 0.1) is 0 Å². The van der Waals surface area contributed by atoms with E-state index in [0.29, 0.717) is 11.7 Å². The zero-order chi connectivity index (χ0) is 6.69. The van der Waals surface area contributed by atoms with E-state index in [2.05, 4.69) is 16.2 Å². The molecule has 0 amide bonds. The van der Waals surface area contributed by atoms with Crippen LogP contribution in [0.1, 0.15) is 5.89 Å². The molecule has 1 aromatic rings. The maximum Gasteiger partial charge on any atom is 0.274 e. The summed E-state index contributed by atoms with van der Waals surface area (Å²) in [6.45, 7) is 0.